The van der Waals surface area contributed by atoms with Crippen LogP contribution in [0, 0.1) is 11.3 Å². The summed E-state index contributed by atoms with van der Waals surface area (Å²) in [5.74, 6) is 0.799. The average molecular weight is 285 g/mol. The number of ether oxygens (including phenoxy) is 3. The lowest BCUT2D eigenvalue weighted by Crippen LogP contribution is -2.43. The highest BCUT2D eigenvalue weighted by Gasteiger charge is 2.50. The summed E-state index contributed by atoms with van der Waals surface area (Å²) in [6, 6.07) is 0. The van der Waals surface area contributed by atoms with Crippen LogP contribution >= 0.6 is 0 Å². The summed E-state index contributed by atoms with van der Waals surface area (Å²) in [4.78, 5) is 0. The summed E-state index contributed by atoms with van der Waals surface area (Å²) in [5, 5.41) is 3.56. The second kappa shape index (κ2) is 8.32. The molecule has 1 aliphatic carbocycles. The van der Waals surface area contributed by atoms with Crippen LogP contribution in [0.5, 0.6) is 0 Å². The van der Waals surface area contributed by atoms with Crippen molar-refractivity contribution in [2.45, 2.75) is 45.1 Å². The van der Waals surface area contributed by atoms with Crippen molar-refractivity contribution in [3.05, 3.63) is 0 Å². The van der Waals surface area contributed by atoms with Crippen molar-refractivity contribution in [1.29, 1.82) is 0 Å². The summed E-state index contributed by atoms with van der Waals surface area (Å²) in [7, 11) is 1.75. The van der Waals surface area contributed by atoms with Gasteiger partial charge in [-0.25, -0.2) is 0 Å². The lowest BCUT2D eigenvalue weighted by Gasteiger charge is -2.34. The van der Waals surface area contributed by atoms with Crippen molar-refractivity contribution >= 4 is 0 Å². The van der Waals surface area contributed by atoms with Crippen LogP contribution in [0.4, 0.5) is 0 Å². The quantitative estimate of drug-likeness (QED) is 0.591. The van der Waals surface area contributed by atoms with E-state index in [0.717, 1.165) is 58.3 Å². The van der Waals surface area contributed by atoms with Crippen LogP contribution in [0.1, 0.15) is 39.0 Å². The normalized spacial score (nSPS) is 30.0. The van der Waals surface area contributed by atoms with E-state index in [9.17, 15) is 0 Å². The monoisotopic (exact) mass is 285 g/mol. The largest absolute Gasteiger partial charge is 0.383 e. The lowest BCUT2D eigenvalue weighted by atomic mass is 9.76. The van der Waals surface area contributed by atoms with Gasteiger partial charge in [0.2, 0.25) is 0 Å². The van der Waals surface area contributed by atoms with Gasteiger partial charge >= 0.3 is 0 Å². The zero-order valence-electron chi connectivity index (χ0n) is 13.2. The van der Waals surface area contributed by atoms with Crippen LogP contribution in [0.25, 0.3) is 0 Å². The fourth-order valence-electron chi connectivity index (χ4n) is 3.32. The first-order valence-electron chi connectivity index (χ1n) is 8.21. The molecule has 2 atom stereocenters. The smallest absolute Gasteiger partial charge is 0.0673 e. The second-order valence-corrected chi connectivity index (χ2v) is 6.27. The molecule has 1 N–H and O–H groups in total. The minimum atomic E-state index is 0.280. The van der Waals surface area contributed by atoms with Crippen LogP contribution in [0.3, 0.4) is 0 Å². The molecule has 2 fully saturated rings. The molecule has 0 radical (unpaired) electrons. The van der Waals surface area contributed by atoms with E-state index in [1.165, 1.54) is 19.3 Å². The third-order valence-electron chi connectivity index (χ3n) is 4.60. The van der Waals surface area contributed by atoms with Crippen LogP contribution in [-0.4, -0.2) is 52.7 Å². The van der Waals surface area contributed by atoms with Gasteiger partial charge in [-0.05, 0) is 38.0 Å². The maximum atomic E-state index is 6.08. The molecule has 0 aromatic carbocycles. The Bertz CT molecular complexity index is 256. The number of hydrogen-bond donors (Lipinski definition) is 1. The highest BCUT2D eigenvalue weighted by Crippen LogP contribution is 2.49. The predicted molar refractivity (Wildman–Crippen MR) is 80.0 cm³/mol. The zero-order valence-corrected chi connectivity index (χ0v) is 13.2. The van der Waals surface area contributed by atoms with Gasteiger partial charge in [0.15, 0.2) is 0 Å². The van der Waals surface area contributed by atoms with Gasteiger partial charge in [0.05, 0.1) is 12.7 Å². The molecule has 0 spiro atoms. The molecule has 2 rings (SSSR count). The van der Waals surface area contributed by atoms with Gasteiger partial charge in [-0.3, -0.25) is 0 Å². The first-order chi connectivity index (χ1) is 9.82. The molecule has 20 heavy (non-hydrogen) atoms. The van der Waals surface area contributed by atoms with E-state index in [4.69, 9.17) is 14.2 Å². The van der Waals surface area contributed by atoms with Crippen LogP contribution in [0.15, 0.2) is 0 Å². The Kier molecular flexibility index (Phi) is 6.75. The van der Waals surface area contributed by atoms with E-state index in [1.807, 2.05) is 0 Å². The topological polar surface area (TPSA) is 39.7 Å². The highest BCUT2D eigenvalue weighted by molar-refractivity contribution is 5.00. The molecule has 4 nitrogen and oxygen atoms in total. The molecular weight excluding hydrogens is 254 g/mol. The summed E-state index contributed by atoms with van der Waals surface area (Å²) in [6.45, 7) is 7.55. The van der Waals surface area contributed by atoms with Gasteiger partial charge < -0.3 is 19.5 Å². The molecule has 1 aliphatic heterocycles. The minimum Gasteiger partial charge on any atom is -0.383 e. The molecule has 1 saturated carbocycles. The van der Waals surface area contributed by atoms with E-state index in [2.05, 4.69) is 12.2 Å². The molecule has 2 unspecified atom stereocenters. The van der Waals surface area contributed by atoms with Crippen molar-refractivity contribution in [2.24, 2.45) is 11.3 Å². The van der Waals surface area contributed by atoms with Gasteiger partial charge in [-0.15, -0.1) is 0 Å². The molecule has 0 bridgehead atoms. The average Bonchev–Trinajstić information content (AvgIpc) is 3.22. The van der Waals surface area contributed by atoms with E-state index >= 15 is 0 Å². The predicted octanol–water partition coefficient (Wildman–Crippen LogP) is 2.22. The Labute approximate surface area is 123 Å². The van der Waals surface area contributed by atoms with Gasteiger partial charge in [0.25, 0.3) is 0 Å². The first kappa shape index (κ1) is 16.2. The zero-order chi connectivity index (χ0) is 14.3. The maximum Gasteiger partial charge on any atom is 0.0673 e. The first-order valence-corrected chi connectivity index (χ1v) is 8.21. The fraction of sp³-hybridized carbons (Fsp3) is 1.00. The van der Waals surface area contributed by atoms with Crippen molar-refractivity contribution in [1.82, 2.24) is 5.32 Å². The van der Waals surface area contributed by atoms with E-state index < -0.39 is 0 Å². The molecular formula is C16H31NO3. The third kappa shape index (κ3) is 4.42. The number of hydrogen-bond acceptors (Lipinski definition) is 4. The number of rotatable bonds is 11. The van der Waals surface area contributed by atoms with Crippen LogP contribution in [0.2, 0.25) is 0 Å². The highest BCUT2D eigenvalue weighted by atomic mass is 16.5. The summed E-state index contributed by atoms with van der Waals surface area (Å²) in [5.41, 5.74) is 0.280. The molecule has 0 aromatic heterocycles. The van der Waals surface area contributed by atoms with Crippen molar-refractivity contribution in [2.75, 3.05) is 46.6 Å². The molecule has 4 heteroatoms. The Morgan fingerprint density at radius 1 is 1.25 bits per heavy atom. The number of methoxy groups -OCH3 is 1. The summed E-state index contributed by atoms with van der Waals surface area (Å²) < 4.78 is 16.9. The molecule has 2 aliphatic rings. The molecule has 0 aromatic rings. The Morgan fingerprint density at radius 3 is 2.80 bits per heavy atom. The summed E-state index contributed by atoms with van der Waals surface area (Å²) >= 11 is 0. The van der Waals surface area contributed by atoms with E-state index in [-0.39, 0.29) is 5.41 Å². The van der Waals surface area contributed by atoms with Crippen LogP contribution < -0.4 is 5.32 Å². The summed E-state index contributed by atoms with van der Waals surface area (Å²) in [6.07, 6.45) is 6.53. The lowest BCUT2D eigenvalue weighted by molar-refractivity contribution is 0.00812. The Balaban J connectivity index is 1.84. The third-order valence-corrected chi connectivity index (χ3v) is 4.60. The van der Waals surface area contributed by atoms with Crippen LogP contribution in [-0.2, 0) is 14.2 Å². The minimum absolute atomic E-state index is 0.280. The Morgan fingerprint density at radius 2 is 2.10 bits per heavy atom. The molecule has 0 amide bonds. The standard InChI is InChI=1S/C16H31NO3/c1-3-9-19-10-6-16(13-17-8-12-18-2)7-11-20-15(16)14-4-5-14/h14-15,17H,3-13H2,1-2H3. The van der Waals surface area contributed by atoms with Crippen molar-refractivity contribution in [3.63, 3.8) is 0 Å². The van der Waals surface area contributed by atoms with Crippen molar-refractivity contribution < 1.29 is 14.2 Å². The van der Waals surface area contributed by atoms with Gasteiger partial charge in [-0.1, -0.05) is 6.92 Å². The maximum absolute atomic E-state index is 6.08. The van der Waals surface area contributed by atoms with E-state index in [0.29, 0.717) is 6.10 Å². The van der Waals surface area contributed by atoms with Gasteiger partial charge in [-0.2, -0.15) is 0 Å². The van der Waals surface area contributed by atoms with E-state index in [1.54, 1.807) is 7.11 Å². The Hall–Kier alpha value is -0.160. The SMILES string of the molecule is CCCOCCC1(CNCCOC)CCOC1C1CC1. The van der Waals surface area contributed by atoms with Gasteiger partial charge in [0, 0.05) is 45.4 Å². The second-order valence-electron chi connectivity index (χ2n) is 6.27. The molecule has 118 valence electrons. The van der Waals surface area contributed by atoms with Crippen molar-refractivity contribution in [3.8, 4) is 0 Å². The fourth-order valence-corrected chi connectivity index (χ4v) is 3.32. The van der Waals surface area contributed by atoms with Gasteiger partial charge in [0.1, 0.15) is 0 Å². The number of nitrogens with one attached hydrogen (secondary N) is 1. The molecule has 1 heterocycles. The molecule has 1 saturated heterocycles.